The predicted octanol–water partition coefficient (Wildman–Crippen LogP) is 3.64. The van der Waals surface area contributed by atoms with Crippen LogP contribution >= 0.6 is 0 Å². The molecule has 0 spiro atoms. The number of fused-ring (bicyclic) bond motifs is 2. The molecule has 3 nitrogen and oxygen atoms in total. The van der Waals surface area contributed by atoms with Gasteiger partial charge < -0.3 is 14.5 Å². The lowest BCUT2D eigenvalue weighted by Crippen LogP contribution is -2.29. The van der Waals surface area contributed by atoms with Crippen molar-refractivity contribution in [2.24, 2.45) is 0 Å². The number of nitrogens with zero attached hydrogens (tertiary/aromatic N) is 2. The monoisotopic (exact) mass is 374 g/mol. The SMILES string of the molecule is C=c1ccc2c(c1)N(C)c1cc(N(C)C)ccc1C=2c1ccc(OC)c(F)c1. The van der Waals surface area contributed by atoms with Crippen LogP contribution in [-0.4, -0.2) is 28.3 Å². The number of rotatable bonds is 3. The van der Waals surface area contributed by atoms with Gasteiger partial charge in [-0.25, -0.2) is 4.39 Å². The fourth-order valence-electron chi connectivity index (χ4n) is 3.76. The van der Waals surface area contributed by atoms with Crippen molar-refractivity contribution in [1.82, 2.24) is 0 Å². The smallest absolute Gasteiger partial charge is 0.165 e. The number of halogens is 1. The molecule has 1 heterocycles. The minimum atomic E-state index is -0.367. The van der Waals surface area contributed by atoms with Crippen LogP contribution in [0.1, 0.15) is 11.1 Å². The van der Waals surface area contributed by atoms with Crippen molar-refractivity contribution in [3.63, 3.8) is 0 Å². The predicted molar refractivity (Wildman–Crippen MR) is 115 cm³/mol. The van der Waals surface area contributed by atoms with Crippen molar-refractivity contribution in [3.05, 3.63) is 82.0 Å². The first-order chi connectivity index (χ1) is 13.4. The van der Waals surface area contributed by atoms with Crippen molar-refractivity contribution < 1.29 is 9.13 Å². The Bertz CT molecular complexity index is 1180. The van der Waals surface area contributed by atoms with Gasteiger partial charge in [0.25, 0.3) is 0 Å². The van der Waals surface area contributed by atoms with Gasteiger partial charge in [0.2, 0.25) is 0 Å². The highest BCUT2D eigenvalue weighted by molar-refractivity contribution is 5.94. The van der Waals surface area contributed by atoms with Crippen LogP contribution in [0, 0.1) is 5.82 Å². The van der Waals surface area contributed by atoms with E-state index in [9.17, 15) is 4.39 Å². The molecule has 0 radical (unpaired) electrons. The minimum absolute atomic E-state index is 0.244. The zero-order chi connectivity index (χ0) is 20.0. The van der Waals surface area contributed by atoms with E-state index >= 15 is 0 Å². The Kier molecular flexibility index (Phi) is 4.34. The average molecular weight is 374 g/mol. The molecule has 0 bridgehead atoms. The Morgan fingerprint density at radius 2 is 1.75 bits per heavy atom. The van der Waals surface area contributed by atoms with Crippen molar-refractivity contribution >= 4 is 29.2 Å². The van der Waals surface area contributed by atoms with Crippen molar-refractivity contribution in [3.8, 4) is 5.75 Å². The third-order valence-corrected chi connectivity index (χ3v) is 5.26. The standard InChI is InChI=1S/C24H23FN2O/c1-15-6-9-18-21(12-15)27(4)22-14-17(26(2)3)8-10-19(22)24(18)16-7-11-23(28-5)20(25)13-16/h6-14H,1H2,2-5H3. The molecule has 28 heavy (non-hydrogen) atoms. The maximum Gasteiger partial charge on any atom is 0.165 e. The quantitative estimate of drug-likeness (QED) is 0.696. The number of hydrogen-bond donors (Lipinski definition) is 0. The lowest BCUT2D eigenvalue weighted by atomic mass is 9.89. The summed E-state index contributed by atoms with van der Waals surface area (Å²) >= 11 is 0. The van der Waals surface area contributed by atoms with Crippen LogP contribution in [0.25, 0.3) is 12.2 Å². The van der Waals surface area contributed by atoms with Gasteiger partial charge in [-0.1, -0.05) is 30.8 Å². The van der Waals surface area contributed by atoms with Gasteiger partial charge in [-0.2, -0.15) is 0 Å². The molecule has 0 atom stereocenters. The van der Waals surface area contributed by atoms with E-state index < -0.39 is 0 Å². The van der Waals surface area contributed by atoms with Crippen LogP contribution in [0.5, 0.6) is 5.75 Å². The molecular formula is C24H23FN2O. The fourth-order valence-corrected chi connectivity index (χ4v) is 3.76. The van der Waals surface area contributed by atoms with Crippen LogP contribution in [-0.2, 0) is 0 Å². The van der Waals surface area contributed by atoms with Crippen LogP contribution in [0.2, 0.25) is 0 Å². The van der Waals surface area contributed by atoms with Gasteiger partial charge in [-0.15, -0.1) is 0 Å². The first kappa shape index (κ1) is 18.1. The maximum atomic E-state index is 14.5. The highest BCUT2D eigenvalue weighted by Crippen LogP contribution is 2.39. The average Bonchev–Trinajstić information content (AvgIpc) is 2.68. The number of benzene rings is 3. The Labute approximate surface area is 164 Å². The summed E-state index contributed by atoms with van der Waals surface area (Å²) in [5.74, 6) is -0.123. The van der Waals surface area contributed by atoms with Crippen molar-refractivity contribution in [2.75, 3.05) is 38.1 Å². The van der Waals surface area contributed by atoms with Crippen LogP contribution in [0.4, 0.5) is 21.5 Å². The molecular weight excluding hydrogens is 351 g/mol. The molecule has 0 unspecified atom stereocenters. The van der Waals surface area contributed by atoms with Crippen LogP contribution < -0.4 is 25.0 Å². The third kappa shape index (κ3) is 2.82. The summed E-state index contributed by atoms with van der Waals surface area (Å²) in [7, 11) is 7.58. The van der Waals surface area contributed by atoms with E-state index in [4.69, 9.17) is 4.74 Å². The van der Waals surface area contributed by atoms with Crippen molar-refractivity contribution in [2.45, 2.75) is 0 Å². The third-order valence-electron chi connectivity index (χ3n) is 5.26. The van der Waals surface area contributed by atoms with Gasteiger partial charge in [-0.05, 0) is 41.1 Å². The normalized spacial score (nSPS) is 12.5. The highest BCUT2D eigenvalue weighted by Gasteiger charge is 2.23. The Morgan fingerprint density at radius 3 is 2.43 bits per heavy atom. The summed E-state index contributed by atoms with van der Waals surface area (Å²) < 4.78 is 19.6. The zero-order valence-corrected chi connectivity index (χ0v) is 16.6. The summed E-state index contributed by atoms with van der Waals surface area (Å²) in [5.41, 5.74) is 6.15. The van der Waals surface area contributed by atoms with Gasteiger partial charge >= 0.3 is 0 Å². The second-order valence-electron chi connectivity index (χ2n) is 7.23. The Morgan fingerprint density at radius 1 is 0.964 bits per heavy atom. The fraction of sp³-hybridized carbons (Fsp3) is 0.167. The number of anilines is 3. The molecule has 142 valence electrons. The van der Waals surface area contributed by atoms with Crippen molar-refractivity contribution in [1.29, 1.82) is 0 Å². The van der Waals surface area contributed by atoms with E-state index in [1.165, 1.54) is 7.11 Å². The molecule has 1 aliphatic rings. The summed E-state index contributed by atoms with van der Waals surface area (Å²) in [6.07, 6.45) is 0. The molecule has 0 saturated heterocycles. The second kappa shape index (κ2) is 6.71. The van der Waals surface area contributed by atoms with E-state index in [0.717, 1.165) is 44.2 Å². The molecule has 0 saturated carbocycles. The van der Waals surface area contributed by atoms with Crippen LogP contribution in [0.3, 0.4) is 0 Å². The van der Waals surface area contributed by atoms with Crippen LogP contribution in [0.15, 0.2) is 54.6 Å². The van der Waals surface area contributed by atoms with Gasteiger partial charge in [0, 0.05) is 48.9 Å². The summed E-state index contributed by atoms with van der Waals surface area (Å²) in [6.45, 7) is 4.08. The largest absolute Gasteiger partial charge is 0.494 e. The molecule has 0 aliphatic carbocycles. The van der Waals surface area contributed by atoms with Gasteiger partial charge in [-0.3, -0.25) is 0 Å². The molecule has 0 aromatic heterocycles. The van der Waals surface area contributed by atoms with E-state index in [1.54, 1.807) is 12.1 Å². The number of methoxy groups -OCH3 is 1. The molecule has 3 aromatic carbocycles. The maximum absolute atomic E-state index is 14.5. The van der Waals surface area contributed by atoms with Gasteiger partial charge in [0.05, 0.1) is 12.8 Å². The molecule has 0 amide bonds. The number of ether oxygens (including phenoxy) is 1. The molecule has 4 heteroatoms. The summed E-state index contributed by atoms with van der Waals surface area (Å²) in [5, 5.41) is 2.00. The Balaban J connectivity index is 2.08. The molecule has 0 fully saturated rings. The van der Waals surface area contributed by atoms with Gasteiger partial charge in [0.15, 0.2) is 11.6 Å². The molecule has 3 aromatic rings. The topological polar surface area (TPSA) is 15.7 Å². The minimum Gasteiger partial charge on any atom is -0.494 e. The zero-order valence-electron chi connectivity index (χ0n) is 16.6. The van der Waals surface area contributed by atoms with E-state index in [2.05, 4.69) is 53.8 Å². The second-order valence-corrected chi connectivity index (χ2v) is 7.23. The summed E-state index contributed by atoms with van der Waals surface area (Å²) in [4.78, 5) is 4.25. The molecule has 1 aliphatic heterocycles. The lowest BCUT2D eigenvalue weighted by molar-refractivity contribution is 0.386. The first-order valence-corrected chi connectivity index (χ1v) is 9.13. The van der Waals surface area contributed by atoms with E-state index in [-0.39, 0.29) is 11.6 Å². The first-order valence-electron chi connectivity index (χ1n) is 9.13. The molecule has 4 rings (SSSR count). The Hall–Kier alpha value is -3.27. The van der Waals surface area contributed by atoms with E-state index in [1.807, 2.05) is 26.2 Å². The summed E-state index contributed by atoms with van der Waals surface area (Å²) in [6, 6.07) is 17.6. The number of hydrogen-bond acceptors (Lipinski definition) is 3. The van der Waals surface area contributed by atoms with E-state index in [0.29, 0.717) is 0 Å². The lowest BCUT2D eigenvalue weighted by Gasteiger charge is -2.31. The van der Waals surface area contributed by atoms with Gasteiger partial charge in [0.1, 0.15) is 0 Å². The molecule has 0 N–H and O–H groups in total. The highest BCUT2D eigenvalue weighted by atomic mass is 19.1.